The lowest BCUT2D eigenvalue weighted by Crippen LogP contribution is -2.12. The summed E-state index contributed by atoms with van der Waals surface area (Å²) in [5, 5.41) is 0.0375. The highest BCUT2D eigenvalue weighted by Crippen LogP contribution is 2.35. The highest BCUT2D eigenvalue weighted by Gasteiger charge is 2.21. The van der Waals surface area contributed by atoms with Crippen LogP contribution >= 0.6 is 11.6 Å². The van der Waals surface area contributed by atoms with E-state index in [-0.39, 0.29) is 23.5 Å². The number of halogens is 2. The summed E-state index contributed by atoms with van der Waals surface area (Å²) in [5.41, 5.74) is 1.28. The molecule has 0 heterocycles. The molecule has 0 spiro atoms. The lowest BCUT2D eigenvalue weighted by Gasteiger charge is -2.18. The molecule has 1 atom stereocenters. The fourth-order valence-corrected chi connectivity index (χ4v) is 3.55. The largest absolute Gasteiger partial charge is 0.493 e. The zero-order valence-corrected chi connectivity index (χ0v) is 17.8. The summed E-state index contributed by atoms with van der Waals surface area (Å²) in [6.07, 6.45) is 4.56. The van der Waals surface area contributed by atoms with Gasteiger partial charge < -0.3 is 14.2 Å². The third-order valence-electron chi connectivity index (χ3n) is 5.09. The van der Waals surface area contributed by atoms with Crippen LogP contribution in [0.1, 0.15) is 49.1 Å². The van der Waals surface area contributed by atoms with Crippen molar-refractivity contribution in [2.24, 2.45) is 0 Å². The van der Waals surface area contributed by atoms with Crippen LogP contribution in [0.3, 0.4) is 0 Å². The van der Waals surface area contributed by atoms with Crippen LogP contribution in [0.15, 0.2) is 36.4 Å². The second-order valence-corrected chi connectivity index (χ2v) is 7.57. The van der Waals surface area contributed by atoms with Crippen molar-refractivity contribution in [2.75, 3.05) is 14.2 Å². The van der Waals surface area contributed by atoms with Gasteiger partial charge in [-0.3, -0.25) is 4.79 Å². The van der Waals surface area contributed by atoms with Crippen LogP contribution < -0.4 is 9.47 Å². The fourth-order valence-electron chi connectivity index (χ4n) is 3.43. The molecule has 3 rings (SSSR count). The van der Waals surface area contributed by atoms with Crippen LogP contribution in [0.5, 0.6) is 11.5 Å². The monoisotopic (exact) mass is 430 g/mol. The molecule has 0 N–H and O–H groups in total. The van der Waals surface area contributed by atoms with E-state index in [4.69, 9.17) is 25.8 Å². The number of carbonyl (C=O) groups is 1. The van der Waals surface area contributed by atoms with Gasteiger partial charge in [0.2, 0.25) is 0 Å². The van der Waals surface area contributed by atoms with Gasteiger partial charge >= 0.3 is 5.97 Å². The third-order valence-corrected chi connectivity index (χ3v) is 5.40. The van der Waals surface area contributed by atoms with Gasteiger partial charge in [0.25, 0.3) is 0 Å². The molecule has 0 radical (unpaired) electrons. The van der Waals surface area contributed by atoms with Crippen molar-refractivity contribution in [3.05, 3.63) is 58.4 Å². The number of rotatable bonds is 6. The molecule has 30 heavy (non-hydrogen) atoms. The maximum absolute atomic E-state index is 13.7. The van der Waals surface area contributed by atoms with Gasteiger partial charge in [0.05, 0.1) is 37.7 Å². The van der Waals surface area contributed by atoms with Crippen LogP contribution in [0.4, 0.5) is 4.39 Å². The Bertz CT molecular complexity index is 957. The van der Waals surface area contributed by atoms with E-state index < -0.39 is 11.7 Å². The van der Waals surface area contributed by atoms with Gasteiger partial charge in [-0.1, -0.05) is 29.5 Å². The number of carbonyl (C=O) groups excluding carboxylic acids is 1. The Hall–Kier alpha value is -2.71. The van der Waals surface area contributed by atoms with Gasteiger partial charge in [0.15, 0.2) is 11.5 Å². The molecule has 0 aliphatic heterocycles. The Morgan fingerprint density at radius 3 is 2.60 bits per heavy atom. The number of esters is 1. The molecular weight excluding hydrogens is 407 g/mol. The van der Waals surface area contributed by atoms with E-state index in [9.17, 15) is 9.18 Å². The predicted octanol–water partition coefficient (Wildman–Crippen LogP) is 5.51. The van der Waals surface area contributed by atoms with Gasteiger partial charge in [-0.25, -0.2) is 4.39 Å². The fraction of sp³-hybridized carbons (Fsp3) is 0.375. The van der Waals surface area contributed by atoms with E-state index in [1.54, 1.807) is 13.2 Å². The summed E-state index contributed by atoms with van der Waals surface area (Å²) in [4.78, 5) is 12.0. The Morgan fingerprint density at radius 1 is 1.17 bits per heavy atom. The first kappa shape index (κ1) is 22.0. The molecule has 0 amide bonds. The molecule has 1 aliphatic carbocycles. The number of methoxy groups -OCH3 is 2. The summed E-state index contributed by atoms with van der Waals surface area (Å²) in [5.74, 6) is 5.90. The Balaban J connectivity index is 1.91. The van der Waals surface area contributed by atoms with E-state index in [0.717, 1.165) is 31.2 Å². The van der Waals surface area contributed by atoms with Crippen molar-refractivity contribution in [3.8, 4) is 23.3 Å². The van der Waals surface area contributed by atoms with E-state index >= 15 is 0 Å². The van der Waals surface area contributed by atoms with Crippen molar-refractivity contribution in [2.45, 2.75) is 44.1 Å². The van der Waals surface area contributed by atoms with E-state index in [0.29, 0.717) is 17.1 Å². The number of ether oxygens (including phenoxy) is 3. The minimum absolute atomic E-state index is 0.0375. The summed E-state index contributed by atoms with van der Waals surface area (Å²) in [7, 11) is 2.93. The quantitative estimate of drug-likeness (QED) is 0.448. The van der Waals surface area contributed by atoms with E-state index in [1.165, 1.54) is 19.2 Å². The van der Waals surface area contributed by atoms with Crippen molar-refractivity contribution in [3.63, 3.8) is 0 Å². The summed E-state index contributed by atoms with van der Waals surface area (Å²) in [6, 6.07) is 9.89. The first-order valence-corrected chi connectivity index (χ1v) is 10.3. The Morgan fingerprint density at radius 2 is 1.93 bits per heavy atom. The summed E-state index contributed by atoms with van der Waals surface area (Å²) < 4.78 is 30.1. The van der Waals surface area contributed by atoms with E-state index in [2.05, 4.69) is 11.8 Å². The van der Waals surface area contributed by atoms with E-state index in [1.807, 2.05) is 18.2 Å². The molecule has 2 aromatic carbocycles. The first-order valence-electron chi connectivity index (χ1n) is 9.88. The Labute approximate surface area is 181 Å². The summed E-state index contributed by atoms with van der Waals surface area (Å²) >= 11 is 5.73. The molecular formula is C24H24ClFO4. The molecule has 6 heteroatoms. The van der Waals surface area contributed by atoms with Crippen LogP contribution in [0.2, 0.25) is 5.02 Å². The van der Waals surface area contributed by atoms with Gasteiger partial charge in [0, 0.05) is 5.56 Å². The molecule has 0 unspecified atom stereocenters. The van der Waals surface area contributed by atoms with Crippen molar-refractivity contribution in [1.82, 2.24) is 0 Å². The minimum atomic E-state index is -0.537. The van der Waals surface area contributed by atoms with Crippen LogP contribution in [0.25, 0.3) is 0 Å². The maximum atomic E-state index is 13.7. The number of hydrogen-bond acceptors (Lipinski definition) is 4. The molecule has 158 valence electrons. The smallest absolute Gasteiger partial charge is 0.307 e. The third kappa shape index (κ3) is 5.67. The Kier molecular flexibility index (Phi) is 7.59. The normalized spacial score (nSPS) is 14.5. The maximum Gasteiger partial charge on any atom is 0.307 e. The number of hydrogen-bond donors (Lipinski definition) is 0. The highest BCUT2D eigenvalue weighted by atomic mass is 35.5. The number of benzene rings is 2. The summed E-state index contributed by atoms with van der Waals surface area (Å²) in [6.45, 7) is 0. The molecule has 1 aliphatic rings. The molecule has 0 bridgehead atoms. The second kappa shape index (κ2) is 10.4. The molecule has 0 saturated heterocycles. The topological polar surface area (TPSA) is 44.8 Å². The molecule has 2 aromatic rings. The average molecular weight is 431 g/mol. The molecule has 0 aromatic heterocycles. The van der Waals surface area contributed by atoms with Crippen LogP contribution in [-0.4, -0.2) is 26.3 Å². The standard InChI is InChI=1S/C24H24ClFO4/c1-28-22-12-10-17(14-23(22)30-19-5-3-4-6-19)18(15-24(27)29-2)9-7-16-8-11-20(25)21(26)13-16/h8,10-14,18-19H,3-6,15H2,1-2H3/t18-/m0/s1. The van der Waals surface area contributed by atoms with Crippen LogP contribution in [0, 0.1) is 17.7 Å². The second-order valence-electron chi connectivity index (χ2n) is 7.17. The zero-order valence-electron chi connectivity index (χ0n) is 17.0. The van der Waals surface area contributed by atoms with Crippen molar-refractivity contribution >= 4 is 17.6 Å². The predicted molar refractivity (Wildman–Crippen MR) is 114 cm³/mol. The molecule has 1 saturated carbocycles. The average Bonchev–Trinajstić information content (AvgIpc) is 3.26. The first-order chi connectivity index (χ1) is 14.5. The van der Waals surface area contributed by atoms with Crippen molar-refractivity contribution < 1.29 is 23.4 Å². The minimum Gasteiger partial charge on any atom is -0.493 e. The lowest BCUT2D eigenvalue weighted by molar-refractivity contribution is -0.140. The van der Waals surface area contributed by atoms with Gasteiger partial charge in [-0.2, -0.15) is 0 Å². The highest BCUT2D eigenvalue weighted by molar-refractivity contribution is 6.30. The van der Waals surface area contributed by atoms with Gasteiger partial charge in [-0.05, 0) is 61.6 Å². The van der Waals surface area contributed by atoms with Gasteiger partial charge in [-0.15, -0.1) is 0 Å². The van der Waals surface area contributed by atoms with Crippen LogP contribution in [-0.2, 0) is 9.53 Å². The van der Waals surface area contributed by atoms with Gasteiger partial charge in [0.1, 0.15) is 5.82 Å². The zero-order chi connectivity index (χ0) is 21.5. The molecule has 1 fully saturated rings. The molecule has 4 nitrogen and oxygen atoms in total. The SMILES string of the molecule is COC(=O)C[C@H](C#Cc1ccc(Cl)c(F)c1)c1ccc(OC)c(OC2CCCC2)c1. The van der Waals surface area contributed by atoms with Crippen molar-refractivity contribution in [1.29, 1.82) is 0 Å². The lowest BCUT2D eigenvalue weighted by atomic mass is 9.95.